The van der Waals surface area contributed by atoms with Crippen LogP contribution in [0.5, 0.6) is 5.75 Å². The second-order valence-electron chi connectivity index (χ2n) is 7.60. The van der Waals surface area contributed by atoms with Crippen molar-refractivity contribution in [2.24, 2.45) is 0 Å². The van der Waals surface area contributed by atoms with Gasteiger partial charge in [0.2, 0.25) is 0 Å². The molecule has 0 aromatic heterocycles. The summed E-state index contributed by atoms with van der Waals surface area (Å²) in [4.78, 5) is 29.7. The molecule has 1 heterocycles. The number of carbonyl (C=O) groups is 2. The normalized spacial score (nSPS) is 17.7. The van der Waals surface area contributed by atoms with Gasteiger partial charge in [-0.05, 0) is 56.2 Å². The third kappa shape index (κ3) is 4.32. The molecule has 0 saturated carbocycles. The smallest absolute Gasteiger partial charge is 0.295 e. The molecule has 32 heavy (non-hydrogen) atoms. The van der Waals surface area contributed by atoms with E-state index >= 15 is 0 Å². The Bertz CT molecular complexity index is 1030. The minimum absolute atomic E-state index is 0.0413. The zero-order chi connectivity index (χ0) is 23.4. The second kappa shape index (κ2) is 10.1. The number of nitrogens with zero attached hydrogens (tertiary/aromatic N) is 2. The molecule has 1 aliphatic rings. The lowest BCUT2D eigenvalue weighted by atomic mass is 9.94. The number of anilines is 1. The Hall–Kier alpha value is -2.99. The molecular formula is C25H29ClN2O4. The summed E-state index contributed by atoms with van der Waals surface area (Å²) in [6.45, 7) is 8.27. The summed E-state index contributed by atoms with van der Waals surface area (Å²) in [6, 6.07) is 11.9. The van der Waals surface area contributed by atoms with Crippen LogP contribution in [0.2, 0.25) is 5.02 Å². The van der Waals surface area contributed by atoms with Gasteiger partial charge in [0.05, 0.1) is 24.3 Å². The van der Waals surface area contributed by atoms with Crippen molar-refractivity contribution < 1.29 is 19.4 Å². The number of Topliss-reactive ketones (excluding diaryl/α,β-unsaturated/α-hetero) is 1. The minimum Gasteiger partial charge on any atom is -0.507 e. The van der Waals surface area contributed by atoms with Gasteiger partial charge in [0.1, 0.15) is 11.5 Å². The summed E-state index contributed by atoms with van der Waals surface area (Å²) >= 11 is 6.14. The highest BCUT2D eigenvalue weighted by Crippen LogP contribution is 2.41. The van der Waals surface area contributed by atoms with Crippen molar-refractivity contribution in [1.29, 1.82) is 0 Å². The van der Waals surface area contributed by atoms with Crippen LogP contribution >= 0.6 is 11.6 Å². The van der Waals surface area contributed by atoms with E-state index in [-0.39, 0.29) is 16.9 Å². The van der Waals surface area contributed by atoms with Crippen LogP contribution in [0.1, 0.15) is 44.4 Å². The Balaban J connectivity index is 2.17. The van der Waals surface area contributed by atoms with Crippen LogP contribution in [0.4, 0.5) is 5.69 Å². The molecule has 0 spiro atoms. The van der Waals surface area contributed by atoms with Crippen LogP contribution in [-0.2, 0) is 9.59 Å². The third-order valence-electron chi connectivity index (χ3n) is 5.76. The molecule has 0 radical (unpaired) electrons. The van der Waals surface area contributed by atoms with E-state index in [2.05, 4.69) is 18.7 Å². The van der Waals surface area contributed by atoms with Crippen molar-refractivity contribution in [2.45, 2.75) is 33.2 Å². The monoisotopic (exact) mass is 456 g/mol. The predicted molar refractivity (Wildman–Crippen MR) is 127 cm³/mol. The fraction of sp³-hybridized carbons (Fsp3) is 0.360. The van der Waals surface area contributed by atoms with Crippen molar-refractivity contribution >= 4 is 34.7 Å². The van der Waals surface area contributed by atoms with E-state index in [1.807, 2.05) is 31.2 Å². The van der Waals surface area contributed by atoms with Gasteiger partial charge in [0, 0.05) is 30.3 Å². The predicted octanol–water partition coefficient (Wildman–Crippen LogP) is 5.03. The molecule has 3 rings (SSSR count). The Labute approximate surface area is 194 Å². The maximum atomic E-state index is 13.1. The first-order valence-electron chi connectivity index (χ1n) is 10.8. The maximum absolute atomic E-state index is 13.1. The first kappa shape index (κ1) is 23.7. The zero-order valence-electron chi connectivity index (χ0n) is 18.9. The van der Waals surface area contributed by atoms with Crippen LogP contribution in [0.15, 0.2) is 48.0 Å². The van der Waals surface area contributed by atoms with E-state index in [9.17, 15) is 14.7 Å². The number of amides is 1. The first-order valence-corrected chi connectivity index (χ1v) is 11.2. The summed E-state index contributed by atoms with van der Waals surface area (Å²) in [5.41, 5.74) is 2.14. The first-order chi connectivity index (χ1) is 15.4. The summed E-state index contributed by atoms with van der Waals surface area (Å²) < 4.78 is 5.36. The van der Waals surface area contributed by atoms with Crippen LogP contribution in [0, 0.1) is 0 Å². The largest absolute Gasteiger partial charge is 0.507 e. The van der Waals surface area contributed by atoms with E-state index < -0.39 is 17.7 Å². The van der Waals surface area contributed by atoms with Crippen molar-refractivity contribution in [2.75, 3.05) is 31.6 Å². The molecule has 1 saturated heterocycles. The highest BCUT2D eigenvalue weighted by Gasteiger charge is 2.45. The third-order valence-corrected chi connectivity index (χ3v) is 5.99. The van der Waals surface area contributed by atoms with E-state index in [0.29, 0.717) is 23.7 Å². The molecule has 1 amide bonds. The summed E-state index contributed by atoms with van der Waals surface area (Å²) in [7, 11) is 1.47. The zero-order valence-corrected chi connectivity index (χ0v) is 19.6. The molecule has 170 valence electrons. The molecule has 0 bridgehead atoms. The van der Waals surface area contributed by atoms with Gasteiger partial charge in [0.25, 0.3) is 11.7 Å². The Morgan fingerprint density at radius 3 is 2.31 bits per heavy atom. The Kier molecular flexibility index (Phi) is 7.46. The SMILES string of the molecule is CCCN1C(=O)C(=O)/C(=C(/O)c2cc(Cl)ccc2OC)C1c1ccc(N(CC)CC)cc1. The molecule has 1 atom stereocenters. The van der Waals surface area contributed by atoms with Gasteiger partial charge in [-0.1, -0.05) is 30.7 Å². The lowest BCUT2D eigenvalue weighted by Gasteiger charge is -2.26. The Morgan fingerprint density at radius 2 is 1.75 bits per heavy atom. The van der Waals surface area contributed by atoms with Gasteiger partial charge >= 0.3 is 0 Å². The topological polar surface area (TPSA) is 70.1 Å². The lowest BCUT2D eigenvalue weighted by Crippen LogP contribution is -2.30. The number of rotatable bonds is 8. The number of hydrogen-bond acceptors (Lipinski definition) is 5. The van der Waals surface area contributed by atoms with Crippen molar-refractivity contribution in [3.8, 4) is 5.75 Å². The molecule has 1 N–H and O–H groups in total. The molecule has 1 aliphatic heterocycles. The molecule has 6 nitrogen and oxygen atoms in total. The van der Waals surface area contributed by atoms with Crippen LogP contribution in [-0.4, -0.2) is 48.4 Å². The number of likely N-dealkylation sites (tertiary alicyclic amines) is 1. The van der Waals surface area contributed by atoms with E-state index in [4.69, 9.17) is 16.3 Å². The number of ether oxygens (including phenoxy) is 1. The van der Waals surface area contributed by atoms with Crippen molar-refractivity contribution in [3.63, 3.8) is 0 Å². The Morgan fingerprint density at radius 1 is 1.09 bits per heavy atom. The number of aliphatic hydroxyl groups is 1. The maximum Gasteiger partial charge on any atom is 0.295 e. The van der Waals surface area contributed by atoms with Crippen molar-refractivity contribution in [3.05, 3.63) is 64.2 Å². The van der Waals surface area contributed by atoms with E-state index in [1.165, 1.54) is 18.1 Å². The van der Waals surface area contributed by atoms with Gasteiger partial charge in [0.15, 0.2) is 0 Å². The standard InChI is InChI=1S/C25H29ClN2O4/c1-5-14-28-22(16-8-11-18(12-9-16)27(6-2)7-3)21(24(30)25(28)31)23(29)19-15-17(26)10-13-20(19)32-4/h8-13,15,22,29H,5-7,14H2,1-4H3/b23-21+. The highest BCUT2D eigenvalue weighted by molar-refractivity contribution is 6.46. The van der Waals surface area contributed by atoms with Crippen LogP contribution in [0.3, 0.4) is 0 Å². The number of benzene rings is 2. The van der Waals surface area contributed by atoms with Gasteiger partial charge in [-0.25, -0.2) is 0 Å². The van der Waals surface area contributed by atoms with Gasteiger partial charge in [-0.15, -0.1) is 0 Å². The van der Waals surface area contributed by atoms with Gasteiger partial charge in [-0.3, -0.25) is 9.59 Å². The number of carbonyl (C=O) groups excluding carboxylic acids is 2. The summed E-state index contributed by atoms with van der Waals surface area (Å²) in [6.07, 6.45) is 0.682. The minimum atomic E-state index is -0.712. The fourth-order valence-corrected chi connectivity index (χ4v) is 4.34. The van der Waals surface area contributed by atoms with E-state index in [0.717, 1.165) is 24.3 Å². The molecular weight excluding hydrogens is 428 g/mol. The molecule has 2 aromatic rings. The average molecular weight is 457 g/mol. The van der Waals surface area contributed by atoms with Crippen molar-refractivity contribution in [1.82, 2.24) is 4.90 Å². The highest BCUT2D eigenvalue weighted by atomic mass is 35.5. The number of halogens is 1. The van der Waals surface area contributed by atoms with Crippen LogP contribution < -0.4 is 9.64 Å². The number of ketones is 1. The molecule has 2 aromatic carbocycles. The molecule has 1 fully saturated rings. The molecule has 1 unspecified atom stereocenters. The molecule has 7 heteroatoms. The number of hydrogen-bond donors (Lipinski definition) is 1. The summed E-state index contributed by atoms with van der Waals surface area (Å²) in [5, 5.41) is 11.6. The van der Waals surface area contributed by atoms with Crippen LogP contribution in [0.25, 0.3) is 5.76 Å². The van der Waals surface area contributed by atoms with Gasteiger partial charge in [-0.2, -0.15) is 0 Å². The molecule has 0 aliphatic carbocycles. The summed E-state index contributed by atoms with van der Waals surface area (Å²) in [5.74, 6) is -1.26. The van der Waals surface area contributed by atoms with Gasteiger partial charge < -0.3 is 19.6 Å². The quantitative estimate of drug-likeness (QED) is 0.343. The second-order valence-corrected chi connectivity index (χ2v) is 8.04. The van der Waals surface area contributed by atoms with E-state index in [1.54, 1.807) is 12.1 Å². The fourth-order valence-electron chi connectivity index (χ4n) is 4.16. The number of aliphatic hydroxyl groups excluding tert-OH is 1. The number of methoxy groups -OCH3 is 1. The lowest BCUT2D eigenvalue weighted by molar-refractivity contribution is -0.139. The average Bonchev–Trinajstić information content (AvgIpc) is 3.05.